The maximum atomic E-state index is 4.89. The highest BCUT2D eigenvalue weighted by Gasteiger charge is 2.24. The molecule has 20 heavy (non-hydrogen) atoms. The van der Waals surface area contributed by atoms with E-state index in [2.05, 4.69) is 43.4 Å². The molecule has 0 saturated heterocycles. The molecule has 0 aliphatic heterocycles. The summed E-state index contributed by atoms with van der Waals surface area (Å²) in [5.41, 5.74) is 3.88. The number of hydrogen-bond acceptors (Lipinski definition) is 3. The van der Waals surface area contributed by atoms with Crippen LogP contribution in [-0.2, 0) is 6.42 Å². The topological polar surface area (TPSA) is 24.9 Å². The molecule has 1 unspecified atom stereocenters. The van der Waals surface area contributed by atoms with Crippen LogP contribution in [0.1, 0.15) is 48.4 Å². The van der Waals surface area contributed by atoms with Crippen molar-refractivity contribution in [1.82, 2.24) is 10.3 Å². The number of thiazole rings is 1. The van der Waals surface area contributed by atoms with E-state index in [1.807, 2.05) is 11.3 Å². The minimum absolute atomic E-state index is 0.524. The highest BCUT2D eigenvalue weighted by molar-refractivity contribution is 7.15. The molecule has 0 amide bonds. The molecular weight excluding hydrogens is 264 g/mol. The number of aryl methyl sites for hydroxylation is 2. The summed E-state index contributed by atoms with van der Waals surface area (Å²) in [6, 6.07) is 9.24. The molecular formula is C17H22N2S. The molecule has 0 spiro atoms. The van der Waals surface area contributed by atoms with E-state index in [1.54, 1.807) is 0 Å². The molecule has 0 fully saturated rings. The van der Waals surface area contributed by atoms with Gasteiger partial charge in [0.15, 0.2) is 0 Å². The predicted octanol–water partition coefficient (Wildman–Crippen LogP) is 4.50. The number of nitrogens with one attached hydrogen (secondary N) is 1. The van der Waals surface area contributed by atoms with Crippen LogP contribution in [0.5, 0.6) is 0 Å². The van der Waals surface area contributed by atoms with E-state index < -0.39 is 0 Å². The molecule has 1 aliphatic rings. The standard InChI is InChI=1S/C17H22N2S/c1-3-11-18-14-5-4-6-15-16(14)20-17(19-15)13-9-7-12(2)8-10-13/h7-10,14,18H,3-6,11H2,1-2H3. The zero-order valence-electron chi connectivity index (χ0n) is 12.3. The van der Waals surface area contributed by atoms with Crippen LogP contribution in [0.25, 0.3) is 10.6 Å². The van der Waals surface area contributed by atoms with Crippen molar-refractivity contribution in [2.75, 3.05) is 6.54 Å². The Balaban J connectivity index is 1.88. The van der Waals surface area contributed by atoms with Gasteiger partial charge in [-0.05, 0) is 39.2 Å². The molecule has 3 heteroatoms. The van der Waals surface area contributed by atoms with Crippen molar-refractivity contribution < 1.29 is 0 Å². The Morgan fingerprint density at radius 1 is 1.30 bits per heavy atom. The lowest BCUT2D eigenvalue weighted by atomic mass is 9.98. The molecule has 1 aliphatic carbocycles. The van der Waals surface area contributed by atoms with Crippen molar-refractivity contribution in [2.45, 2.75) is 45.6 Å². The Hall–Kier alpha value is -1.19. The Kier molecular flexibility index (Phi) is 4.18. The summed E-state index contributed by atoms with van der Waals surface area (Å²) < 4.78 is 0. The third kappa shape index (κ3) is 2.79. The SMILES string of the molecule is CCCNC1CCCc2nc(-c3ccc(C)cc3)sc21. The first-order valence-electron chi connectivity index (χ1n) is 7.58. The maximum absolute atomic E-state index is 4.89. The monoisotopic (exact) mass is 286 g/mol. The Morgan fingerprint density at radius 3 is 2.85 bits per heavy atom. The second-order valence-corrected chi connectivity index (χ2v) is 6.63. The fourth-order valence-corrected chi connectivity index (χ4v) is 3.98. The quantitative estimate of drug-likeness (QED) is 0.895. The van der Waals surface area contributed by atoms with E-state index >= 15 is 0 Å². The minimum atomic E-state index is 0.524. The van der Waals surface area contributed by atoms with Gasteiger partial charge in [0.2, 0.25) is 0 Å². The smallest absolute Gasteiger partial charge is 0.123 e. The first-order valence-corrected chi connectivity index (χ1v) is 8.39. The van der Waals surface area contributed by atoms with Crippen LogP contribution < -0.4 is 5.32 Å². The van der Waals surface area contributed by atoms with Crippen LogP contribution in [0.2, 0.25) is 0 Å². The van der Waals surface area contributed by atoms with Crippen molar-refractivity contribution in [3.63, 3.8) is 0 Å². The average molecular weight is 286 g/mol. The van der Waals surface area contributed by atoms with Crippen molar-refractivity contribution >= 4 is 11.3 Å². The molecule has 1 N–H and O–H groups in total. The molecule has 1 atom stereocenters. The van der Waals surface area contributed by atoms with Crippen molar-refractivity contribution in [3.8, 4) is 10.6 Å². The molecule has 2 nitrogen and oxygen atoms in total. The fourth-order valence-electron chi connectivity index (χ4n) is 2.75. The van der Waals surface area contributed by atoms with Crippen LogP contribution in [0.15, 0.2) is 24.3 Å². The Labute approximate surface area is 125 Å². The molecule has 1 aromatic heterocycles. The fraction of sp³-hybridized carbons (Fsp3) is 0.471. The van der Waals surface area contributed by atoms with Gasteiger partial charge in [-0.2, -0.15) is 0 Å². The van der Waals surface area contributed by atoms with Crippen LogP contribution in [-0.4, -0.2) is 11.5 Å². The van der Waals surface area contributed by atoms with Crippen molar-refractivity contribution in [1.29, 1.82) is 0 Å². The number of aromatic nitrogens is 1. The number of nitrogens with zero attached hydrogens (tertiary/aromatic N) is 1. The van der Waals surface area contributed by atoms with E-state index in [1.165, 1.54) is 46.0 Å². The van der Waals surface area contributed by atoms with E-state index in [4.69, 9.17) is 4.98 Å². The van der Waals surface area contributed by atoms with Gasteiger partial charge in [0.05, 0.1) is 5.69 Å². The van der Waals surface area contributed by atoms with Crippen LogP contribution in [0.3, 0.4) is 0 Å². The van der Waals surface area contributed by atoms with Gasteiger partial charge >= 0.3 is 0 Å². The van der Waals surface area contributed by atoms with Gasteiger partial charge in [-0.3, -0.25) is 0 Å². The maximum Gasteiger partial charge on any atom is 0.123 e. The van der Waals surface area contributed by atoms with Gasteiger partial charge in [-0.25, -0.2) is 4.98 Å². The molecule has 3 rings (SSSR count). The summed E-state index contributed by atoms with van der Waals surface area (Å²) in [4.78, 5) is 6.36. The zero-order chi connectivity index (χ0) is 13.9. The lowest BCUT2D eigenvalue weighted by Gasteiger charge is -2.22. The minimum Gasteiger partial charge on any atom is -0.309 e. The van der Waals surface area contributed by atoms with Gasteiger partial charge in [0, 0.05) is 16.5 Å². The van der Waals surface area contributed by atoms with Gasteiger partial charge in [0.1, 0.15) is 5.01 Å². The number of fused-ring (bicyclic) bond motifs is 1. The third-order valence-corrected chi connectivity index (χ3v) is 5.15. The third-order valence-electron chi connectivity index (χ3n) is 3.89. The molecule has 2 aromatic rings. The van der Waals surface area contributed by atoms with Gasteiger partial charge in [-0.1, -0.05) is 36.8 Å². The molecule has 1 aromatic carbocycles. The second kappa shape index (κ2) is 6.06. The highest BCUT2D eigenvalue weighted by atomic mass is 32.1. The molecule has 0 radical (unpaired) electrons. The molecule has 1 heterocycles. The lowest BCUT2D eigenvalue weighted by Crippen LogP contribution is -2.24. The predicted molar refractivity (Wildman–Crippen MR) is 86.3 cm³/mol. The summed E-state index contributed by atoms with van der Waals surface area (Å²) in [7, 11) is 0. The first kappa shape index (κ1) is 13.8. The summed E-state index contributed by atoms with van der Waals surface area (Å²) in [6.45, 7) is 5.45. The van der Waals surface area contributed by atoms with E-state index in [0.717, 1.165) is 13.0 Å². The van der Waals surface area contributed by atoms with Gasteiger partial charge in [0.25, 0.3) is 0 Å². The summed E-state index contributed by atoms with van der Waals surface area (Å²) >= 11 is 1.88. The molecule has 0 saturated carbocycles. The lowest BCUT2D eigenvalue weighted by molar-refractivity contribution is 0.465. The van der Waals surface area contributed by atoms with E-state index in [0.29, 0.717) is 6.04 Å². The normalized spacial score (nSPS) is 18.0. The van der Waals surface area contributed by atoms with E-state index in [-0.39, 0.29) is 0 Å². The summed E-state index contributed by atoms with van der Waals surface area (Å²) in [6.07, 6.45) is 4.84. The average Bonchev–Trinajstić information content (AvgIpc) is 2.90. The summed E-state index contributed by atoms with van der Waals surface area (Å²) in [5, 5.41) is 4.85. The first-order chi connectivity index (χ1) is 9.78. The van der Waals surface area contributed by atoms with Crippen molar-refractivity contribution in [3.05, 3.63) is 40.4 Å². The van der Waals surface area contributed by atoms with Crippen LogP contribution in [0.4, 0.5) is 0 Å². The molecule has 106 valence electrons. The number of hydrogen-bond donors (Lipinski definition) is 1. The Bertz CT molecular complexity index is 571. The largest absolute Gasteiger partial charge is 0.309 e. The van der Waals surface area contributed by atoms with Crippen LogP contribution >= 0.6 is 11.3 Å². The zero-order valence-corrected chi connectivity index (χ0v) is 13.1. The Morgan fingerprint density at radius 2 is 2.10 bits per heavy atom. The van der Waals surface area contributed by atoms with E-state index in [9.17, 15) is 0 Å². The van der Waals surface area contributed by atoms with Crippen LogP contribution in [0, 0.1) is 6.92 Å². The molecule has 0 bridgehead atoms. The summed E-state index contributed by atoms with van der Waals surface area (Å²) in [5.74, 6) is 0. The second-order valence-electron chi connectivity index (χ2n) is 5.59. The van der Waals surface area contributed by atoms with Gasteiger partial charge < -0.3 is 5.32 Å². The number of rotatable bonds is 4. The van der Waals surface area contributed by atoms with Gasteiger partial charge in [-0.15, -0.1) is 11.3 Å². The number of benzene rings is 1. The van der Waals surface area contributed by atoms with Crippen molar-refractivity contribution in [2.24, 2.45) is 0 Å². The highest BCUT2D eigenvalue weighted by Crippen LogP contribution is 2.37.